The van der Waals surface area contributed by atoms with Gasteiger partial charge in [0.05, 0.1) is 17.2 Å². The van der Waals surface area contributed by atoms with Crippen LogP contribution < -0.4 is 0 Å². The van der Waals surface area contributed by atoms with Crippen molar-refractivity contribution in [3.05, 3.63) is 41.0 Å². The summed E-state index contributed by atoms with van der Waals surface area (Å²) in [7, 11) is 0. The third kappa shape index (κ3) is 3.90. The molecular formula is C12H9BrF3N. The molecule has 0 radical (unpaired) electrons. The van der Waals surface area contributed by atoms with Crippen molar-refractivity contribution in [2.45, 2.75) is 12.6 Å². The molecule has 0 spiro atoms. The molecule has 0 aliphatic heterocycles. The molecule has 0 aliphatic rings. The van der Waals surface area contributed by atoms with Crippen molar-refractivity contribution in [2.75, 3.05) is 5.33 Å². The second-order valence-electron chi connectivity index (χ2n) is 3.29. The van der Waals surface area contributed by atoms with Gasteiger partial charge in [0.25, 0.3) is 0 Å². The molecule has 0 unspecified atom stereocenters. The highest BCUT2D eigenvalue weighted by Gasteiger charge is 2.30. The molecule has 0 aromatic heterocycles. The summed E-state index contributed by atoms with van der Waals surface area (Å²) >= 11 is 3.23. The van der Waals surface area contributed by atoms with Gasteiger partial charge in [-0.25, -0.2) is 0 Å². The zero-order valence-corrected chi connectivity index (χ0v) is 10.3. The van der Waals surface area contributed by atoms with Gasteiger partial charge in [0.2, 0.25) is 0 Å². The highest BCUT2D eigenvalue weighted by atomic mass is 79.9. The number of allylic oxidation sites excluding steroid dienone is 1. The lowest BCUT2D eigenvalue weighted by molar-refractivity contribution is -0.137. The largest absolute Gasteiger partial charge is 0.416 e. The first-order valence-electron chi connectivity index (χ1n) is 4.83. The van der Waals surface area contributed by atoms with E-state index in [0.29, 0.717) is 5.56 Å². The molecule has 0 saturated carbocycles. The van der Waals surface area contributed by atoms with E-state index >= 15 is 0 Å². The minimum Gasteiger partial charge on any atom is -0.192 e. The summed E-state index contributed by atoms with van der Waals surface area (Å²) < 4.78 is 37.2. The zero-order chi connectivity index (χ0) is 12.9. The molecule has 0 aliphatic carbocycles. The Morgan fingerprint density at radius 3 is 2.59 bits per heavy atom. The monoisotopic (exact) mass is 303 g/mol. The fraction of sp³-hybridized carbons (Fsp3) is 0.250. The van der Waals surface area contributed by atoms with E-state index in [9.17, 15) is 13.2 Å². The van der Waals surface area contributed by atoms with Crippen molar-refractivity contribution in [1.82, 2.24) is 0 Å². The van der Waals surface area contributed by atoms with Crippen LogP contribution in [-0.4, -0.2) is 5.33 Å². The molecule has 90 valence electrons. The fourth-order valence-corrected chi connectivity index (χ4v) is 1.51. The van der Waals surface area contributed by atoms with Gasteiger partial charge in [-0.05, 0) is 24.1 Å². The molecule has 17 heavy (non-hydrogen) atoms. The standard InChI is InChI=1S/C12H9BrF3N/c13-6-2-1-3-9-4-5-11(12(14,15)16)7-10(9)8-17/h1,3-5,7H,2,6H2. The first-order chi connectivity index (χ1) is 7.99. The van der Waals surface area contributed by atoms with E-state index in [-0.39, 0.29) is 5.56 Å². The van der Waals surface area contributed by atoms with Crippen LogP contribution in [-0.2, 0) is 6.18 Å². The normalized spacial score (nSPS) is 11.7. The first-order valence-corrected chi connectivity index (χ1v) is 5.95. The van der Waals surface area contributed by atoms with Gasteiger partial charge in [-0.3, -0.25) is 0 Å². The Labute approximate surface area is 106 Å². The maximum atomic E-state index is 12.4. The molecule has 0 fully saturated rings. The van der Waals surface area contributed by atoms with Crippen LogP contribution in [0.25, 0.3) is 6.08 Å². The average Bonchev–Trinajstić information content (AvgIpc) is 2.28. The Morgan fingerprint density at radius 1 is 1.35 bits per heavy atom. The molecule has 0 saturated heterocycles. The van der Waals surface area contributed by atoms with E-state index in [1.807, 2.05) is 0 Å². The van der Waals surface area contributed by atoms with Gasteiger partial charge in [0.15, 0.2) is 0 Å². The second-order valence-corrected chi connectivity index (χ2v) is 4.08. The van der Waals surface area contributed by atoms with Crippen LogP contribution in [0.5, 0.6) is 0 Å². The molecular weight excluding hydrogens is 295 g/mol. The lowest BCUT2D eigenvalue weighted by atomic mass is 10.0. The molecule has 1 aromatic carbocycles. The Balaban J connectivity index is 3.07. The predicted octanol–water partition coefficient (Wildman–Crippen LogP) is 4.38. The van der Waals surface area contributed by atoms with Crippen molar-refractivity contribution in [1.29, 1.82) is 5.26 Å². The lowest BCUT2D eigenvalue weighted by Gasteiger charge is -2.07. The van der Waals surface area contributed by atoms with Crippen LogP contribution in [0.2, 0.25) is 0 Å². The maximum absolute atomic E-state index is 12.4. The van der Waals surface area contributed by atoms with Crippen molar-refractivity contribution < 1.29 is 13.2 Å². The molecule has 0 atom stereocenters. The third-order valence-electron chi connectivity index (χ3n) is 2.07. The third-order valence-corrected chi connectivity index (χ3v) is 2.53. The topological polar surface area (TPSA) is 23.8 Å². The summed E-state index contributed by atoms with van der Waals surface area (Å²) in [5, 5.41) is 9.57. The quantitative estimate of drug-likeness (QED) is 0.760. The van der Waals surface area contributed by atoms with E-state index in [4.69, 9.17) is 5.26 Å². The second kappa shape index (κ2) is 5.87. The highest BCUT2D eigenvalue weighted by Crippen LogP contribution is 2.30. The van der Waals surface area contributed by atoms with Crippen molar-refractivity contribution in [3.63, 3.8) is 0 Å². The van der Waals surface area contributed by atoms with Gasteiger partial charge in [-0.15, -0.1) is 0 Å². The smallest absolute Gasteiger partial charge is 0.192 e. The molecule has 0 N–H and O–H groups in total. The van der Waals surface area contributed by atoms with E-state index in [1.54, 1.807) is 18.2 Å². The van der Waals surface area contributed by atoms with Crippen LogP contribution in [0, 0.1) is 11.3 Å². The number of hydrogen-bond acceptors (Lipinski definition) is 1. The molecule has 1 aromatic rings. The maximum Gasteiger partial charge on any atom is 0.416 e. The molecule has 0 amide bonds. The molecule has 1 nitrogen and oxygen atoms in total. The van der Waals surface area contributed by atoms with Gasteiger partial charge in [0, 0.05) is 5.33 Å². The SMILES string of the molecule is N#Cc1cc(C(F)(F)F)ccc1C=CCCBr. The molecule has 5 heteroatoms. The van der Waals surface area contributed by atoms with E-state index in [0.717, 1.165) is 23.9 Å². The zero-order valence-electron chi connectivity index (χ0n) is 8.76. The van der Waals surface area contributed by atoms with Crippen molar-refractivity contribution in [2.24, 2.45) is 0 Å². The average molecular weight is 304 g/mol. The number of hydrogen-bond donors (Lipinski definition) is 0. The van der Waals surface area contributed by atoms with Crippen molar-refractivity contribution in [3.8, 4) is 6.07 Å². The number of halogens is 4. The summed E-state index contributed by atoms with van der Waals surface area (Å²) in [5.41, 5.74) is -0.265. The van der Waals surface area contributed by atoms with Crippen molar-refractivity contribution >= 4 is 22.0 Å². The summed E-state index contributed by atoms with van der Waals surface area (Å²) in [5.74, 6) is 0. The molecule has 0 bridgehead atoms. The van der Waals surface area contributed by atoms with Gasteiger partial charge < -0.3 is 0 Å². The minimum absolute atomic E-state index is 0.0330. The summed E-state index contributed by atoms with van der Waals surface area (Å²) in [6.07, 6.45) is -0.201. The summed E-state index contributed by atoms with van der Waals surface area (Å²) in [4.78, 5) is 0. The lowest BCUT2D eigenvalue weighted by Crippen LogP contribution is -2.05. The van der Waals surface area contributed by atoms with Crippen LogP contribution in [0.3, 0.4) is 0 Å². The van der Waals surface area contributed by atoms with Gasteiger partial charge in [-0.1, -0.05) is 34.1 Å². The molecule has 1 rings (SSSR count). The number of nitrogens with zero attached hydrogens (tertiary/aromatic N) is 1. The first kappa shape index (κ1) is 13.8. The Kier molecular flexibility index (Phi) is 4.76. The molecule has 0 heterocycles. The van der Waals surface area contributed by atoms with Gasteiger partial charge in [-0.2, -0.15) is 18.4 Å². The Bertz CT molecular complexity index is 458. The van der Waals surface area contributed by atoms with E-state index < -0.39 is 11.7 Å². The fourth-order valence-electron chi connectivity index (χ4n) is 1.25. The summed E-state index contributed by atoms with van der Waals surface area (Å²) in [6, 6.07) is 4.93. The number of nitriles is 1. The van der Waals surface area contributed by atoms with Crippen LogP contribution in [0.1, 0.15) is 23.1 Å². The van der Waals surface area contributed by atoms with Crippen LogP contribution >= 0.6 is 15.9 Å². The van der Waals surface area contributed by atoms with Crippen LogP contribution in [0.4, 0.5) is 13.2 Å². The Morgan fingerprint density at radius 2 is 2.06 bits per heavy atom. The van der Waals surface area contributed by atoms with Crippen LogP contribution in [0.15, 0.2) is 24.3 Å². The summed E-state index contributed by atoms with van der Waals surface area (Å²) in [6.45, 7) is 0. The Hall–Kier alpha value is -1.28. The number of alkyl halides is 4. The predicted molar refractivity (Wildman–Crippen MR) is 63.6 cm³/mol. The van der Waals surface area contributed by atoms with E-state index in [2.05, 4.69) is 15.9 Å². The van der Waals surface area contributed by atoms with E-state index in [1.165, 1.54) is 6.07 Å². The minimum atomic E-state index is -4.41. The number of benzene rings is 1. The van der Waals surface area contributed by atoms with Gasteiger partial charge in [0.1, 0.15) is 0 Å². The van der Waals surface area contributed by atoms with Gasteiger partial charge >= 0.3 is 6.18 Å². The highest BCUT2D eigenvalue weighted by molar-refractivity contribution is 9.09. The number of rotatable bonds is 3.